The minimum atomic E-state index is -0.797. The van der Waals surface area contributed by atoms with E-state index >= 15 is 0 Å². The van der Waals surface area contributed by atoms with Crippen molar-refractivity contribution >= 4 is 29.0 Å². The van der Waals surface area contributed by atoms with Gasteiger partial charge in [0.1, 0.15) is 11.6 Å². The van der Waals surface area contributed by atoms with Crippen LogP contribution in [0.1, 0.15) is 10.4 Å². The van der Waals surface area contributed by atoms with Gasteiger partial charge in [0, 0.05) is 17.0 Å². The smallest absolute Gasteiger partial charge is 0.248 e. The Kier molecular flexibility index (Phi) is 4.06. The molecule has 1 N–H and O–H groups in total. The SMILES string of the molecule is Cc1ccsc1/C=C/C(=O)Nc1ccc(F)cc1F. The molecule has 2 aromatic rings. The number of aryl methyl sites for hydroxylation is 1. The Balaban J connectivity index is 2.05. The molecule has 5 heteroatoms. The summed E-state index contributed by atoms with van der Waals surface area (Å²) in [6, 6.07) is 4.95. The van der Waals surface area contributed by atoms with Crippen molar-refractivity contribution in [1.82, 2.24) is 0 Å². The second kappa shape index (κ2) is 5.75. The Morgan fingerprint density at radius 2 is 2.11 bits per heavy atom. The Morgan fingerprint density at radius 3 is 2.74 bits per heavy atom. The van der Waals surface area contributed by atoms with Crippen LogP contribution in [0.25, 0.3) is 6.08 Å². The highest BCUT2D eigenvalue weighted by atomic mass is 32.1. The number of benzene rings is 1. The van der Waals surface area contributed by atoms with Gasteiger partial charge in [-0.3, -0.25) is 4.79 Å². The fraction of sp³-hybridized carbons (Fsp3) is 0.0714. The van der Waals surface area contributed by atoms with Crippen molar-refractivity contribution in [3.05, 3.63) is 57.8 Å². The van der Waals surface area contributed by atoms with Crippen LogP contribution in [0.2, 0.25) is 0 Å². The molecule has 19 heavy (non-hydrogen) atoms. The van der Waals surface area contributed by atoms with Crippen molar-refractivity contribution in [1.29, 1.82) is 0 Å². The van der Waals surface area contributed by atoms with E-state index in [0.717, 1.165) is 22.6 Å². The molecule has 0 aliphatic heterocycles. The van der Waals surface area contributed by atoms with E-state index in [1.807, 2.05) is 18.4 Å². The molecule has 2 nitrogen and oxygen atoms in total. The molecule has 1 aromatic carbocycles. The first kappa shape index (κ1) is 13.4. The molecule has 0 atom stereocenters. The Morgan fingerprint density at radius 1 is 1.32 bits per heavy atom. The zero-order chi connectivity index (χ0) is 13.8. The maximum atomic E-state index is 13.3. The van der Waals surface area contributed by atoms with Crippen molar-refractivity contribution in [3.8, 4) is 0 Å². The summed E-state index contributed by atoms with van der Waals surface area (Å²) in [7, 11) is 0. The molecule has 1 heterocycles. The van der Waals surface area contributed by atoms with Gasteiger partial charge in [0.15, 0.2) is 0 Å². The van der Waals surface area contributed by atoms with E-state index in [9.17, 15) is 13.6 Å². The molecule has 0 radical (unpaired) electrons. The second-order valence-corrected chi connectivity index (χ2v) is 4.86. The minimum Gasteiger partial charge on any atom is -0.320 e. The third-order valence-corrected chi connectivity index (χ3v) is 3.46. The summed E-state index contributed by atoms with van der Waals surface area (Å²) in [4.78, 5) is 12.6. The maximum absolute atomic E-state index is 13.3. The summed E-state index contributed by atoms with van der Waals surface area (Å²) in [6.07, 6.45) is 2.98. The first-order chi connectivity index (χ1) is 9.06. The first-order valence-corrected chi connectivity index (χ1v) is 6.42. The first-order valence-electron chi connectivity index (χ1n) is 5.54. The average molecular weight is 279 g/mol. The second-order valence-electron chi connectivity index (χ2n) is 3.91. The van der Waals surface area contributed by atoms with Gasteiger partial charge < -0.3 is 5.32 Å². The quantitative estimate of drug-likeness (QED) is 0.846. The van der Waals surface area contributed by atoms with Gasteiger partial charge in [0.2, 0.25) is 5.91 Å². The number of halogens is 2. The fourth-order valence-corrected chi connectivity index (χ4v) is 2.29. The highest BCUT2D eigenvalue weighted by Gasteiger charge is 2.05. The number of nitrogens with one attached hydrogen (secondary N) is 1. The maximum Gasteiger partial charge on any atom is 0.248 e. The van der Waals surface area contributed by atoms with Crippen LogP contribution in [0, 0.1) is 18.6 Å². The number of hydrogen-bond acceptors (Lipinski definition) is 2. The van der Waals surface area contributed by atoms with Crippen LogP contribution in [0.5, 0.6) is 0 Å². The molecular formula is C14H11F2NOS. The third-order valence-electron chi connectivity index (χ3n) is 2.48. The number of hydrogen-bond donors (Lipinski definition) is 1. The Labute approximate surface area is 113 Å². The predicted molar refractivity (Wildman–Crippen MR) is 73.1 cm³/mol. The van der Waals surface area contributed by atoms with Gasteiger partial charge in [0.25, 0.3) is 0 Å². The number of amides is 1. The van der Waals surface area contributed by atoms with Crippen LogP contribution in [0.15, 0.2) is 35.7 Å². The lowest BCUT2D eigenvalue weighted by molar-refractivity contribution is -0.111. The molecular weight excluding hydrogens is 268 g/mol. The van der Waals surface area contributed by atoms with E-state index < -0.39 is 17.5 Å². The lowest BCUT2D eigenvalue weighted by Gasteiger charge is -2.03. The van der Waals surface area contributed by atoms with Gasteiger partial charge in [-0.25, -0.2) is 8.78 Å². The van der Waals surface area contributed by atoms with Crippen LogP contribution < -0.4 is 5.32 Å². The lowest BCUT2D eigenvalue weighted by atomic mass is 10.2. The summed E-state index contributed by atoms with van der Waals surface area (Å²) in [5.41, 5.74) is 1.03. The number of thiophene rings is 1. The molecule has 0 saturated carbocycles. The van der Waals surface area contributed by atoms with Gasteiger partial charge in [-0.05, 0) is 42.1 Å². The lowest BCUT2D eigenvalue weighted by Crippen LogP contribution is -2.09. The minimum absolute atomic E-state index is 0.0426. The molecule has 98 valence electrons. The van der Waals surface area contributed by atoms with Crippen molar-refractivity contribution in [3.63, 3.8) is 0 Å². The third kappa shape index (κ3) is 3.48. The molecule has 0 bridgehead atoms. The highest BCUT2D eigenvalue weighted by Crippen LogP contribution is 2.18. The number of carbonyl (C=O) groups is 1. The van der Waals surface area contributed by atoms with Gasteiger partial charge in [-0.15, -0.1) is 11.3 Å². The highest BCUT2D eigenvalue weighted by molar-refractivity contribution is 7.11. The Hall–Kier alpha value is -2.01. The van der Waals surface area contributed by atoms with Gasteiger partial charge in [-0.2, -0.15) is 0 Å². The van der Waals surface area contributed by atoms with Crippen molar-refractivity contribution in [2.24, 2.45) is 0 Å². The van der Waals surface area contributed by atoms with Gasteiger partial charge in [0.05, 0.1) is 5.69 Å². The zero-order valence-electron chi connectivity index (χ0n) is 10.1. The van der Waals surface area contributed by atoms with E-state index in [0.29, 0.717) is 0 Å². The molecule has 1 aromatic heterocycles. The standard InChI is InChI=1S/C14H11F2NOS/c1-9-6-7-19-13(9)4-5-14(18)17-12-3-2-10(15)8-11(12)16/h2-8H,1H3,(H,17,18)/b5-4+. The average Bonchev–Trinajstić information content (AvgIpc) is 2.76. The van der Waals surface area contributed by atoms with E-state index in [1.165, 1.54) is 23.5 Å². The number of carbonyl (C=O) groups excluding carboxylic acids is 1. The van der Waals surface area contributed by atoms with Gasteiger partial charge >= 0.3 is 0 Å². The molecule has 2 rings (SSSR count). The topological polar surface area (TPSA) is 29.1 Å². The van der Waals surface area contributed by atoms with Crippen LogP contribution in [-0.2, 0) is 4.79 Å². The van der Waals surface area contributed by atoms with Crippen LogP contribution in [0.4, 0.5) is 14.5 Å². The van der Waals surface area contributed by atoms with Crippen molar-refractivity contribution in [2.45, 2.75) is 6.92 Å². The van der Waals surface area contributed by atoms with Crippen molar-refractivity contribution in [2.75, 3.05) is 5.32 Å². The van der Waals surface area contributed by atoms with E-state index in [4.69, 9.17) is 0 Å². The molecule has 0 fully saturated rings. The summed E-state index contributed by atoms with van der Waals surface area (Å²) in [5.74, 6) is -1.94. The van der Waals surface area contributed by atoms with E-state index in [2.05, 4.69) is 5.32 Å². The normalized spacial score (nSPS) is 10.9. The molecule has 0 spiro atoms. The molecule has 0 saturated heterocycles. The molecule has 1 amide bonds. The molecule has 0 aliphatic rings. The number of anilines is 1. The number of rotatable bonds is 3. The van der Waals surface area contributed by atoms with E-state index in [-0.39, 0.29) is 5.69 Å². The van der Waals surface area contributed by atoms with Crippen LogP contribution in [0.3, 0.4) is 0 Å². The van der Waals surface area contributed by atoms with Crippen LogP contribution >= 0.6 is 11.3 Å². The van der Waals surface area contributed by atoms with Crippen LogP contribution in [-0.4, -0.2) is 5.91 Å². The van der Waals surface area contributed by atoms with Crippen molar-refractivity contribution < 1.29 is 13.6 Å². The summed E-state index contributed by atoms with van der Waals surface area (Å²) in [6.45, 7) is 1.94. The summed E-state index contributed by atoms with van der Waals surface area (Å²) in [5, 5.41) is 4.28. The largest absolute Gasteiger partial charge is 0.320 e. The Bertz CT molecular complexity index is 634. The monoisotopic (exact) mass is 279 g/mol. The summed E-state index contributed by atoms with van der Waals surface area (Å²) >= 11 is 1.51. The molecule has 0 unspecified atom stereocenters. The predicted octanol–water partition coefficient (Wildman–Crippen LogP) is 3.99. The summed E-state index contributed by atoms with van der Waals surface area (Å²) < 4.78 is 26.0. The van der Waals surface area contributed by atoms with Gasteiger partial charge in [-0.1, -0.05) is 0 Å². The zero-order valence-corrected chi connectivity index (χ0v) is 10.9. The molecule has 0 aliphatic carbocycles. The fourth-order valence-electron chi connectivity index (χ4n) is 1.47. The van der Waals surface area contributed by atoms with E-state index in [1.54, 1.807) is 6.08 Å².